The first kappa shape index (κ1) is 17.6. The fraction of sp³-hybridized carbons (Fsp3) is 0.571. The second-order valence-electron chi connectivity index (χ2n) is 3.63. The van der Waals surface area contributed by atoms with Gasteiger partial charge in [0.2, 0.25) is 23.5 Å². The van der Waals surface area contributed by atoms with Crippen LogP contribution in [0.3, 0.4) is 0 Å². The third-order valence-corrected chi connectivity index (χ3v) is 3.62. The van der Waals surface area contributed by atoms with E-state index in [1.807, 2.05) is 0 Å². The van der Waals surface area contributed by atoms with Crippen LogP contribution in [0.4, 0.5) is 0 Å². The lowest BCUT2D eigenvalue weighted by Crippen LogP contribution is -2.19. The number of ether oxygens (including phenoxy) is 1. The van der Waals surface area contributed by atoms with Gasteiger partial charge in [-0.05, 0) is 0 Å². The molecule has 20 heavy (non-hydrogen) atoms. The summed E-state index contributed by atoms with van der Waals surface area (Å²) in [5.41, 5.74) is 0. The molecule has 8 nitrogen and oxygen atoms in total. The lowest BCUT2D eigenvalue weighted by molar-refractivity contribution is 0.290. The summed E-state index contributed by atoms with van der Waals surface area (Å²) in [5, 5.41) is -1.51. The fourth-order valence-electron chi connectivity index (χ4n) is 0.863. The van der Waals surface area contributed by atoms with Gasteiger partial charge in [-0.1, -0.05) is 34.8 Å². The van der Waals surface area contributed by atoms with Gasteiger partial charge in [0.1, 0.15) is 6.61 Å². The molecule has 114 valence electrons. The topological polar surface area (TPSA) is 116 Å². The van der Waals surface area contributed by atoms with Crippen molar-refractivity contribution in [2.24, 2.45) is 0 Å². The maximum atomic E-state index is 11.4. The molecule has 13 heteroatoms. The molecule has 1 heterocycles. The van der Waals surface area contributed by atoms with Gasteiger partial charge in [-0.2, -0.15) is 15.0 Å². The molecule has 1 aromatic heterocycles. The van der Waals surface area contributed by atoms with E-state index < -0.39 is 46.4 Å². The average Bonchev–Trinajstić information content (AvgIpc) is 2.22. The summed E-state index contributed by atoms with van der Waals surface area (Å²) in [6.45, 7) is -0.506. The lowest BCUT2D eigenvalue weighted by Gasteiger charge is -2.11. The SMILES string of the molecule is CS(=O)(=O)c1nc(OCC(Cl)(Cl)Cl)nc(S(C)(=O)=O)n1. The molecule has 0 aliphatic heterocycles. The van der Waals surface area contributed by atoms with Crippen molar-refractivity contribution < 1.29 is 21.6 Å². The van der Waals surface area contributed by atoms with Crippen molar-refractivity contribution >= 4 is 54.5 Å². The van der Waals surface area contributed by atoms with Crippen molar-refractivity contribution in [2.45, 2.75) is 14.1 Å². The average molecular weight is 385 g/mol. The minimum absolute atomic E-state index is 0.506. The van der Waals surface area contributed by atoms with Crippen molar-refractivity contribution in [1.82, 2.24) is 15.0 Å². The normalized spacial score (nSPS) is 13.2. The smallest absolute Gasteiger partial charge is 0.321 e. The Balaban J connectivity index is 3.32. The number of hydrogen-bond donors (Lipinski definition) is 0. The Morgan fingerprint density at radius 1 is 0.950 bits per heavy atom. The zero-order chi connectivity index (χ0) is 15.8. The molecule has 0 N–H and O–H groups in total. The highest BCUT2D eigenvalue weighted by atomic mass is 35.6. The molecular weight excluding hydrogens is 377 g/mol. The highest BCUT2D eigenvalue weighted by molar-refractivity contribution is 7.91. The van der Waals surface area contributed by atoms with E-state index in [4.69, 9.17) is 39.5 Å². The second-order valence-corrected chi connectivity index (χ2v) is 9.97. The molecule has 0 radical (unpaired) electrons. The van der Waals surface area contributed by atoms with Gasteiger partial charge >= 0.3 is 6.01 Å². The third kappa shape index (κ3) is 5.52. The van der Waals surface area contributed by atoms with Crippen molar-refractivity contribution in [1.29, 1.82) is 0 Å². The van der Waals surface area contributed by atoms with E-state index in [0.29, 0.717) is 0 Å². The van der Waals surface area contributed by atoms with Crippen LogP contribution in [0.5, 0.6) is 6.01 Å². The standard InChI is InChI=1S/C7H8Cl3N3O5S2/c1-19(14,15)5-11-4(18-3-7(8,9)10)12-6(13-5)20(2,16)17/h3H2,1-2H3. The summed E-state index contributed by atoms with van der Waals surface area (Å²) in [4.78, 5) is 10.2. The Kier molecular flexibility index (Phi) is 5.08. The van der Waals surface area contributed by atoms with Crippen LogP contribution in [0, 0.1) is 0 Å². The number of alkyl halides is 3. The summed E-state index contributed by atoms with van der Waals surface area (Å²) < 4.78 is 48.6. The molecular formula is C7H8Cl3N3O5S2. The van der Waals surface area contributed by atoms with Crippen LogP contribution >= 0.6 is 34.8 Å². The molecule has 0 atom stereocenters. The van der Waals surface area contributed by atoms with E-state index in [1.165, 1.54) is 0 Å². The fourth-order valence-corrected chi connectivity index (χ4v) is 2.08. The summed E-state index contributed by atoms with van der Waals surface area (Å²) in [6.07, 6.45) is 1.60. The van der Waals surface area contributed by atoms with Crippen molar-refractivity contribution in [3.8, 4) is 6.01 Å². The molecule has 0 spiro atoms. The number of nitrogens with zero attached hydrogens (tertiary/aromatic N) is 3. The number of halogens is 3. The Hall–Kier alpha value is -0.420. The summed E-state index contributed by atoms with van der Waals surface area (Å²) in [6, 6.07) is -0.577. The predicted molar refractivity (Wildman–Crippen MR) is 71.8 cm³/mol. The van der Waals surface area contributed by atoms with Crippen LogP contribution < -0.4 is 4.74 Å². The molecule has 0 unspecified atom stereocenters. The zero-order valence-corrected chi connectivity index (χ0v) is 13.9. The summed E-state index contributed by atoms with van der Waals surface area (Å²) >= 11 is 16.3. The third-order valence-electron chi connectivity index (χ3n) is 1.60. The molecule has 0 saturated carbocycles. The molecule has 1 aromatic rings. The van der Waals surface area contributed by atoms with E-state index in [-0.39, 0.29) is 0 Å². The maximum absolute atomic E-state index is 11.4. The molecule has 0 fully saturated rings. The van der Waals surface area contributed by atoms with Gasteiger partial charge in [-0.25, -0.2) is 16.8 Å². The highest BCUT2D eigenvalue weighted by Crippen LogP contribution is 2.26. The largest absolute Gasteiger partial charge is 0.459 e. The minimum Gasteiger partial charge on any atom is -0.459 e. The molecule has 0 aromatic carbocycles. The Morgan fingerprint density at radius 3 is 1.65 bits per heavy atom. The van der Waals surface area contributed by atoms with E-state index >= 15 is 0 Å². The zero-order valence-electron chi connectivity index (χ0n) is 10.0. The first-order chi connectivity index (χ1) is 8.79. The Morgan fingerprint density at radius 2 is 1.35 bits per heavy atom. The first-order valence-corrected chi connectivity index (χ1v) is 9.56. The van der Waals surface area contributed by atoms with Gasteiger partial charge in [-0.15, -0.1) is 0 Å². The monoisotopic (exact) mass is 383 g/mol. The maximum Gasteiger partial charge on any atom is 0.321 e. The van der Waals surface area contributed by atoms with E-state index in [2.05, 4.69) is 15.0 Å². The van der Waals surface area contributed by atoms with Crippen LogP contribution in [0.15, 0.2) is 10.3 Å². The molecule has 0 aliphatic rings. The molecule has 1 rings (SSSR count). The summed E-state index contributed by atoms with van der Waals surface area (Å²) in [5.74, 6) is 0. The number of rotatable bonds is 4. The van der Waals surface area contributed by atoms with Gasteiger partial charge < -0.3 is 4.74 Å². The lowest BCUT2D eigenvalue weighted by atomic mass is 10.8. The second kappa shape index (κ2) is 5.76. The van der Waals surface area contributed by atoms with Crippen LogP contribution in [0.1, 0.15) is 0 Å². The van der Waals surface area contributed by atoms with Crippen molar-refractivity contribution in [3.63, 3.8) is 0 Å². The van der Waals surface area contributed by atoms with Crippen molar-refractivity contribution in [2.75, 3.05) is 19.1 Å². The minimum atomic E-state index is -3.87. The molecule has 0 amide bonds. The van der Waals surface area contributed by atoms with Gasteiger partial charge in [0.05, 0.1) is 0 Å². The Labute approximate surface area is 130 Å². The number of hydrogen-bond acceptors (Lipinski definition) is 8. The highest BCUT2D eigenvalue weighted by Gasteiger charge is 2.25. The van der Waals surface area contributed by atoms with E-state index in [0.717, 1.165) is 12.5 Å². The quantitative estimate of drug-likeness (QED) is 0.686. The first-order valence-electron chi connectivity index (χ1n) is 4.65. The van der Waals surface area contributed by atoms with E-state index in [9.17, 15) is 16.8 Å². The van der Waals surface area contributed by atoms with Crippen LogP contribution in [-0.2, 0) is 19.7 Å². The van der Waals surface area contributed by atoms with Crippen LogP contribution in [-0.4, -0.2) is 54.7 Å². The van der Waals surface area contributed by atoms with E-state index in [1.54, 1.807) is 0 Å². The van der Waals surface area contributed by atoms with Gasteiger partial charge in [0.15, 0.2) is 0 Å². The number of sulfone groups is 2. The molecule has 0 saturated heterocycles. The van der Waals surface area contributed by atoms with Gasteiger partial charge in [0, 0.05) is 12.5 Å². The molecule has 0 aliphatic carbocycles. The predicted octanol–water partition coefficient (Wildman–Crippen LogP) is 0.428. The molecule has 0 bridgehead atoms. The van der Waals surface area contributed by atoms with Crippen molar-refractivity contribution in [3.05, 3.63) is 0 Å². The number of aromatic nitrogens is 3. The summed E-state index contributed by atoms with van der Waals surface area (Å²) in [7, 11) is -7.74. The Bertz CT molecular complexity index is 663. The van der Waals surface area contributed by atoms with Gasteiger partial charge in [0.25, 0.3) is 10.3 Å². The van der Waals surface area contributed by atoms with Gasteiger partial charge in [-0.3, -0.25) is 0 Å². The van der Waals surface area contributed by atoms with Crippen LogP contribution in [0.2, 0.25) is 0 Å². The van der Waals surface area contributed by atoms with Crippen LogP contribution in [0.25, 0.3) is 0 Å².